The number of ether oxygens (including phenoxy) is 1. The average molecular weight is 370 g/mol. The molecule has 0 aliphatic heterocycles. The molecule has 110 valence electrons. The van der Waals surface area contributed by atoms with E-state index in [4.69, 9.17) is 16.3 Å². The van der Waals surface area contributed by atoms with Gasteiger partial charge in [-0.05, 0) is 34.1 Å². The third-order valence-electron chi connectivity index (χ3n) is 2.82. The minimum Gasteiger partial charge on any atom is -0.490 e. The monoisotopic (exact) mass is 368 g/mol. The van der Waals surface area contributed by atoms with Crippen LogP contribution in [-0.2, 0) is 0 Å². The van der Waals surface area contributed by atoms with Gasteiger partial charge in [0, 0.05) is 23.9 Å². The molecule has 0 spiro atoms. The highest BCUT2D eigenvalue weighted by Gasteiger charge is 2.12. The van der Waals surface area contributed by atoms with E-state index < -0.39 is 0 Å². The Labute approximate surface area is 136 Å². The van der Waals surface area contributed by atoms with E-state index >= 15 is 0 Å². The van der Waals surface area contributed by atoms with Crippen LogP contribution in [0.1, 0.15) is 10.4 Å². The molecule has 1 amide bonds. The summed E-state index contributed by atoms with van der Waals surface area (Å²) in [6.07, 6.45) is 3.18. The maximum atomic E-state index is 12.2. The number of likely N-dealkylation sites (N-methyl/N-ethyl adjacent to an activating group) is 1. The van der Waals surface area contributed by atoms with E-state index in [1.54, 1.807) is 42.5 Å². The molecule has 0 saturated heterocycles. The zero-order chi connectivity index (χ0) is 15.2. The molecule has 1 heterocycles. The average Bonchev–Trinajstić information content (AvgIpc) is 2.48. The van der Waals surface area contributed by atoms with Crippen LogP contribution in [0.3, 0.4) is 0 Å². The van der Waals surface area contributed by atoms with E-state index in [1.807, 2.05) is 12.1 Å². The highest BCUT2D eigenvalue weighted by Crippen LogP contribution is 2.22. The fourth-order valence-electron chi connectivity index (χ4n) is 1.71. The molecule has 0 unspecified atom stereocenters. The molecule has 1 aromatic carbocycles. The van der Waals surface area contributed by atoms with Crippen LogP contribution in [0.25, 0.3) is 0 Å². The third kappa shape index (κ3) is 4.44. The predicted molar refractivity (Wildman–Crippen MR) is 85.8 cm³/mol. The number of carbonyl (C=O) groups excluding carboxylic acids is 1. The molecule has 0 fully saturated rings. The van der Waals surface area contributed by atoms with E-state index in [2.05, 4.69) is 20.9 Å². The first-order valence-electron chi connectivity index (χ1n) is 6.31. The van der Waals surface area contributed by atoms with Crippen LogP contribution in [0.2, 0.25) is 5.02 Å². The predicted octanol–water partition coefficient (Wildman–Crippen LogP) is 3.65. The minimum atomic E-state index is -0.105. The van der Waals surface area contributed by atoms with E-state index in [-0.39, 0.29) is 5.91 Å². The largest absolute Gasteiger partial charge is 0.490 e. The summed E-state index contributed by atoms with van der Waals surface area (Å²) in [5.74, 6) is 0.510. The van der Waals surface area contributed by atoms with Crippen LogP contribution in [-0.4, -0.2) is 36.0 Å². The van der Waals surface area contributed by atoms with Crippen molar-refractivity contribution in [2.45, 2.75) is 0 Å². The molecular formula is C15H14BrClN2O2. The smallest absolute Gasteiger partial charge is 0.255 e. The van der Waals surface area contributed by atoms with E-state index in [1.165, 1.54) is 0 Å². The Bertz CT molecular complexity index is 637. The molecule has 6 heteroatoms. The zero-order valence-electron chi connectivity index (χ0n) is 11.4. The van der Waals surface area contributed by atoms with Crippen LogP contribution in [0.15, 0.2) is 47.2 Å². The zero-order valence-corrected chi connectivity index (χ0v) is 13.8. The normalized spacial score (nSPS) is 10.2. The number of rotatable bonds is 5. The first-order valence-corrected chi connectivity index (χ1v) is 7.48. The lowest BCUT2D eigenvalue weighted by atomic mass is 10.2. The van der Waals surface area contributed by atoms with Crippen molar-refractivity contribution in [2.24, 2.45) is 0 Å². The number of pyridine rings is 1. The van der Waals surface area contributed by atoms with Crippen LogP contribution in [0.4, 0.5) is 0 Å². The molecule has 1 aromatic heterocycles. The number of nitrogens with zero attached hydrogens (tertiary/aromatic N) is 2. The second kappa shape index (κ2) is 7.43. The lowest BCUT2D eigenvalue weighted by Gasteiger charge is -2.17. The molecule has 0 atom stereocenters. The lowest BCUT2D eigenvalue weighted by Crippen LogP contribution is -2.31. The van der Waals surface area contributed by atoms with Crippen molar-refractivity contribution in [3.05, 3.63) is 57.8 Å². The maximum Gasteiger partial charge on any atom is 0.255 e. The summed E-state index contributed by atoms with van der Waals surface area (Å²) in [5, 5.41) is 0.558. The Morgan fingerprint density at radius 1 is 1.38 bits per heavy atom. The highest BCUT2D eigenvalue weighted by molar-refractivity contribution is 9.10. The number of carbonyl (C=O) groups is 1. The van der Waals surface area contributed by atoms with Crippen molar-refractivity contribution in [1.82, 2.24) is 9.88 Å². The van der Waals surface area contributed by atoms with Crippen LogP contribution >= 0.6 is 27.5 Å². The quantitative estimate of drug-likeness (QED) is 0.808. The second-order valence-electron chi connectivity index (χ2n) is 4.40. The van der Waals surface area contributed by atoms with Crippen molar-refractivity contribution in [2.75, 3.05) is 20.2 Å². The number of halogens is 2. The van der Waals surface area contributed by atoms with Gasteiger partial charge >= 0.3 is 0 Å². The molecule has 0 N–H and O–H groups in total. The van der Waals surface area contributed by atoms with Gasteiger partial charge in [0.2, 0.25) is 0 Å². The van der Waals surface area contributed by atoms with Crippen LogP contribution in [0.5, 0.6) is 5.75 Å². The molecule has 2 aromatic rings. The number of hydrogen-bond donors (Lipinski definition) is 0. The summed E-state index contributed by atoms with van der Waals surface area (Å²) in [7, 11) is 1.72. The Hall–Kier alpha value is -1.59. The fraction of sp³-hybridized carbons (Fsp3) is 0.200. The first-order chi connectivity index (χ1) is 10.1. The summed E-state index contributed by atoms with van der Waals surface area (Å²) in [6.45, 7) is 0.823. The summed E-state index contributed by atoms with van der Waals surface area (Å²) >= 11 is 9.29. The number of hydrogen-bond acceptors (Lipinski definition) is 3. The molecule has 4 nitrogen and oxygen atoms in total. The standard InChI is InChI=1S/C15H14BrClN2O2/c1-19(15(20)11-8-12(16)10-18-9-11)6-7-21-14-5-3-2-4-13(14)17/h2-5,8-10H,6-7H2,1H3. The summed E-state index contributed by atoms with van der Waals surface area (Å²) in [5.41, 5.74) is 0.532. The Morgan fingerprint density at radius 2 is 2.14 bits per heavy atom. The summed E-state index contributed by atoms with van der Waals surface area (Å²) < 4.78 is 6.34. The van der Waals surface area contributed by atoms with Gasteiger partial charge in [-0.3, -0.25) is 9.78 Å². The topological polar surface area (TPSA) is 42.4 Å². The van der Waals surface area contributed by atoms with Gasteiger partial charge in [0.05, 0.1) is 17.1 Å². The summed E-state index contributed by atoms with van der Waals surface area (Å²) in [4.78, 5) is 17.8. The molecule has 2 rings (SSSR count). The molecule has 0 aliphatic rings. The highest BCUT2D eigenvalue weighted by atomic mass is 79.9. The van der Waals surface area contributed by atoms with Crippen molar-refractivity contribution in [1.29, 1.82) is 0 Å². The Balaban J connectivity index is 1.89. The molecule has 0 aliphatic carbocycles. The van der Waals surface area contributed by atoms with Gasteiger partial charge in [-0.2, -0.15) is 0 Å². The van der Waals surface area contributed by atoms with Gasteiger partial charge in [-0.15, -0.1) is 0 Å². The first kappa shape index (κ1) is 15.8. The number of aromatic nitrogens is 1. The van der Waals surface area contributed by atoms with Gasteiger partial charge in [0.25, 0.3) is 5.91 Å². The Kier molecular flexibility index (Phi) is 5.59. The third-order valence-corrected chi connectivity index (χ3v) is 3.57. The summed E-state index contributed by atoms with van der Waals surface area (Å²) in [6, 6.07) is 8.98. The number of benzene rings is 1. The number of amides is 1. The van der Waals surface area contributed by atoms with Gasteiger partial charge < -0.3 is 9.64 Å². The fourth-order valence-corrected chi connectivity index (χ4v) is 2.26. The maximum absolute atomic E-state index is 12.2. The molecule has 0 bridgehead atoms. The van der Waals surface area contributed by atoms with E-state index in [0.717, 1.165) is 4.47 Å². The van der Waals surface area contributed by atoms with Gasteiger partial charge in [-0.25, -0.2) is 0 Å². The van der Waals surface area contributed by atoms with Gasteiger partial charge in [0.15, 0.2) is 0 Å². The van der Waals surface area contributed by atoms with Crippen LogP contribution < -0.4 is 4.74 Å². The van der Waals surface area contributed by atoms with E-state index in [9.17, 15) is 4.79 Å². The van der Waals surface area contributed by atoms with Crippen molar-refractivity contribution < 1.29 is 9.53 Å². The van der Waals surface area contributed by atoms with Gasteiger partial charge in [-0.1, -0.05) is 23.7 Å². The molecule has 21 heavy (non-hydrogen) atoms. The Morgan fingerprint density at radius 3 is 2.86 bits per heavy atom. The molecule has 0 radical (unpaired) electrons. The van der Waals surface area contributed by atoms with Crippen molar-refractivity contribution in [3.8, 4) is 5.75 Å². The lowest BCUT2D eigenvalue weighted by molar-refractivity contribution is 0.0773. The van der Waals surface area contributed by atoms with Crippen molar-refractivity contribution in [3.63, 3.8) is 0 Å². The van der Waals surface area contributed by atoms with Crippen molar-refractivity contribution >= 4 is 33.4 Å². The SMILES string of the molecule is CN(CCOc1ccccc1Cl)C(=O)c1cncc(Br)c1. The number of para-hydroxylation sites is 1. The van der Waals surface area contributed by atoms with E-state index in [0.29, 0.717) is 29.5 Å². The van der Waals surface area contributed by atoms with Crippen LogP contribution in [0, 0.1) is 0 Å². The van der Waals surface area contributed by atoms with Gasteiger partial charge in [0.1, 0.15) is 12.4 Å². The minimum absolute atomic E-state index is 0.105. The molecular weight excluding hydrogens is 356 g/mol. The second-order valence-corrected chi connectivity index (χ2v) is 5.72. The molecule has 0 saturated carbocycles.